The second-order valence-corrected chi connectivity index (χ2v) is 8.88. The number of amides is 1. The molecule has 0 unspecified atom stereocenters. The van der Waals surface area contributed by atoms with Gasteiger partial charge in [0.25, 0.3) is 5.91 Å². The Morgan fingerprint density at radius 3 is 2.31 bits per heavy atom. The zero-order valence-electron chi connectivity index (χ0n) is 14.9. The number of carbonyl (C=O) groups excluding carboxylic acids is 1. The number of anilines is 1. The van der Waals surface area contributed by atoms with E-state index in [0.29, 0.717) is 32.6 Å². The maximum atomic E-state index is 12.4. The third-order valence-electron chi connectivity index (χ3n) is 3.48. The molecule has 2 rings (SSSR count). The van der Waals surface area contributed by atoms with Gasteiger partial charge in [0, 0.05) is 5.69 Å². The topological polar surface area (TPSA) is 122 Å². The molecule has 0 saturated heterocycles. The van der Waals surface area contributed by atoms with Gasteiger partial charge in [-0.25, -0.2) is 13.6 Å². The average Bonchev–Trinajstić information content (AvgIpc) is 2.65. The molecule has 0 aliphatic carbocycles. The van der Waals surface area contributed by atoms with Gasteiger partial charge in [0.2, 0.25) is 10.0 Å². The number of sulfonamides is 1. The number of benzene rings is 2. The lowest BCUT2D eigenvalue weighted by atomic mass is 10.1. The van der Waals surface area contributed by atoms with Crippen molar-refractivity contribution < 1.29 is 17.9 Å². The second-order valence-electron chi connectivity index (χ2n) is 5.61. The minimum Gasteiger partial charge on any atom is -0.487 e. The Morgan fingerprint density at radius 2 is 1.83 bits per heavy atom. The molecule has 10 heteroatoms. The molecule has 7 nitrogen and oxygen atoms in total. The average molecular weight is 541 g/mol. The van der Waals surface area contributed by atoms with Crippen LogP contribution in [0.3, 0.4) is 0 Å². The first kappa shape index (κ1) is 22.8. The van der Waals surface area contributed by atoms with Gasteiger partial charge in [-0.3, -0.25) is 4.79 Å². The van der Waals surface area contributed by atoms with Crippen LogP contribution in [0.5, 0.6) is 5.75 Å². The molecule has 0 atom stereocenters. The summed E-state index contributed by atoms with van der Waals surface area (Å²) in [5.41, 5.74) is 0.768. The van der Waals surface area contributed by atoms with Gasteiger partial charge in [0.1, 0.15) is 24.0 Å². The number of hydrogen-bond donors (Lipinski definition) is 2. The zero-order chi connectivity index (χ0) is 21.6. The van der Waals surface area contributed by atoms with Crippen LogP contribution in [-0.4, -0.2) is 20.9 Å². The molecule has 29 heavy (non-hydrogen) atoms. The fourth-order valence-electron chi connectivity index (χ4n) is 2.18. The van der Waals surface area contributed by atoms with Gasteiger partial charge in [-0.15, -0.1) is 0 Å². The molecule has 0 saturated carbocycles. The van der Waals surface area contributed by atoms with E-state index in [0.717, 1.165) is 0 Å². The zero-order valence-corrected chi connectivity index (χ0v) is 18.8. The summed E-state index contributed by atoms with van der Waals surface area (Å²) in [6, 6.07) is 10.5. The molecule has 150 valence electrons. The van der Waals surface area contributed by atoms with Crippen molar-refractivity contribution in [1.82, 2.24) is 0 Å². The van der Waals surface area contributed by atoms with Crippen molar-refractivity contribution in [1.29, 1.82) is 5.26 Å². The Bertz CT molecular complexity index is 1100. The fourth-order valence-corrected chi connectivity index (χ4v) is 4.15. The molecular formula is C19H15Br2N3O4S. The van der Waals surface area contributed by atoms with Gasteiger partial charge in [-0.1, -0.05) is 12.7 Å². The van der Waals surface area contributed by atoms with Crippen molar-refractivity contribution in [3.63, 3.8) is 0 Å². The molecule has 0 aromatic heterocycles. The Morgan fingerprint density at radius 1 is 1.24 bits per heavy atom. The lowest BCUT2D eigenvalue weighted by Crippen LogP contribution is -2.14. The molecule has 0 bridgehead atoms. The summed E-state index contributed by atoms with van der Waals surface area (Å²) in [6.07, 6.45) is 3.03. The van der Waals surface area contributed by atoms with E-state index in [1.54, 1.807) is 18.2 Å². The van der Waals surface area contributed by atoms with Gasteiger partial charge in [-0.05, 0) is 79.9 Å². The van der Waals surface area contributed by atoms with E-state index in [-0.39, 0.29) is 10.5 Å². The summed E-state index contributed by atoms with van der Waals surface area (Å²) in [5, 5.41) is 16.9. The molecule has 0 aliphatic rings. The van der Waals surface area contributed by atoms with Gasteiger partial charge in [0.05, 0.1) is 13.8 Å². The standard InChI is InChI=1S/C19H15Br2N3O4S/c1-2-7-28-18-16(20)9-12(10-17(18)21)8-13(11-22)19(25)24-14-3-5-15(6-4-14)29(23,26)27/h2-6,8-10H,1,7H2,(H,24,25)(H2,23,26,27). The second kappa shape index (κ2) is 9.84. The lowest BCUT2D eigenvalue weighted by molar-refractivity contribution is -0.112. The third-order valence-corrected chi connectivity index (χ3v) is 5.59. The summed E-state index contributed by atoms with van der Waals surface area (Å²) < 4.78 is 29.4. The van der Waals surface area contributed by atoms with Crippen LogP contribution in [0.4, 0.5) is 5.69 Å². The predicted molar refractivity (Wildman–Crippen MR) is 118 cm³/mol. The quantitative estimate of drug-likeness (QED) is 0.312. The minimum absolute atomic E-state index is 0.0833. The Kier molecular flexibility index (Phi) is 7.75. The molecule has 0 spiro atoms. The van der Waals surface area contributed by atoms with Gasteiger partial charge in [0.15, 0.2) is 0 Å². The van der Waals surface area contributed by atoms with E-state index in [9.17, 15) is 18.5 Å². The van der Waals surface area contributed by atoms with Crippen molar-refractivity contribution in [3.8, 4) is 11.8 Å². The number of nitrogens with one attached hydrogen (secondary N) is 1. The van der Waals surface area contributed by atoms with Crippen LogP contribution >= 0.6 is 31.9 Å². The summed E-state index contributed by atoms with van der Waals surface area (Å²) in [6.45, 7) is 3.91. The number of nitrogens with two attached hydrogens (primary N) is 1. The first-order valence-electron chi connectivity index (χ1n) is 7.94. The van der Waals surface area contributed by atoms with Crippen LogP contribution < -0.4 is 15.2 Å². The van der Waals surface area contributed by atoms with Crippen LogP contribution in [0.15, 0.2) is 68.5 Å². The van der Waals surface area contributed by atoms with Crippen molar-refractivity contribution in [2.45, 2.75) is 4.90 Å². The first-order valence-corrected chi connectivity index (χ1v) is 11.1. The van der Waals surface area contributed by atoms with Crippen molar-refractivity contribution in [2.75, 3.05) is 11.9 Å². The lowest BCUT2D eigenvalue weighted by Gasteiger charge is -2.10. The first-order chi connectivity index (χ1) is 13.7. The van der Waals surface area contributed by atoms with Crippen LogP contribution in [0.2, 0.25) is 0 Å². The van der Waals surface area contributed by atoms with Gasteiger partial charge in [-0.2, -0.15) is 5.26 Å². The van der Waals surface area contributed by atoms with Gasteiger partial charge >= 0.3 is 0 Å². The number of halogens is 2. The van der Waals surface area contributed by atoms with E-state index < -0.39 is 15.9 Å². The highest BCUT2D eigenvalue weighted by atomic mass is 79.9. The van der Waals surface area contributed by atoms with Crippen LogP contribution in [0.1, 0.15) is 5.56 Å². The third kappa shape index (κ3) is 6.27. The predicted octanol–water partition coefficient (Wildman–Crippen LogP) is 3.97. The van der Waals surface area contributed by atoms with Crippen molar-refractivity contribution in [3.05, 3.63) is 69.1 Å². The molecule has 1 amide bonds. The Hall–Kier alpha value is -2.45. The number of nitriles is 1. The van der Waals surface area contributed by atoms with E-state index in [1.807, 2.05) is 6.07 Å². The molecule has 0 heterocycles. The molecule has 0 radical (unpaired) electrons. The van der Waals surface area contributed by atoms with E-state index in [1.165, 1.54) is 30.3 Å². The number of nitrogens with zero attached hydrogens (tertiary/aromatic N) is 1. The van der Waals surface area contributed by atoms with Crippen LogP contribution in [-0.2, 0) is 14.8 Å². The summed E-state index contributed by atoms with van der Waals surface area (Å²) in [4.78, 5) is 12.3. The van der Waals surface area contributed by atoms with Crippen LogP contribution in [0.25, 0.3) is 6.08 Å². The summed E-state index contributed by atoms with van der Waals surface area (Å²) in [5.74, 6) is -0.0740. The van der Waals surface area contributed by atoms with E-state index in [2.05, 4.69) is 43.8 Å². The minimum atomic E-state index is -3.83. The highest BCUT2D eigenvalue weighted by molar-refractivity contribution is 9.11. The van der Waals surface area contributed by atoms with Gasteiger partial charge < -0.3 is 10.1 Å². The smallest absolute Gasteiger partial charge is 0.266 e. The highest BCUT2D eigenvalue weighted by Gasteiger charge is 2.13. The Balaban J connectivity index is 2.24. The monoisotopic (exact) mass is 539 g/mol. The normalized spacial score (nSPS) is 11.4. The fraction of sp³-hybridized carbons (Fsp3) is 0.0526. The number of ether oxygens (including phenoxy) is 1. The van der Waals surface area contributed by atoms with Crippen molar-refractivity contribution in [2.24, 2.45) is 5.14 Å². The van der Waals surface area contributed by atoms with E-state index >= 15 is 0 Å². The van der Waals surface area contributed by atoms with Crippen LogP contribution in [0, 0.1) is 11.3 Å². The summed E-state index contributed by atoms with van der Waals surface area (Å²) in [7, 11) is -3.83. The van der Waals surface area contributed by atoms with E-state index in [4.69, 9.17) is 9.88 Å². The Labute approximate surface area is 185 Å². The number of hydrogen-bond acceptors (Lipinski definition) is 5. The molecule has 2 aromatic rings. The number of primary sulfonamides is 1. The molecule has 0 aliphatic heterocycles. The maximum Gasteiger partial charge on any atom is 0.266 e. The highest BCUT2D eigenvalue weighted by Crippen LogP contribution is 2.35. The molecule has 3 N–H and O–H groups in total. The largest absolute Gasteiger partial charge is 0.487 e. The van der Waals surface area contributed by atoms with Crippen molar-refractivity contribution >= 4 is 59.6 Å². The molecule has 2 aromatic carbocycles. The summed E-state index contributed by atoms with van der Waals surface area (Å²) >= 11 is 6.78. The molecule has 0 fully saturated rings. The number of carbonyl (C=O) groups is 1. The SMILES string of the molecule is C=CCOc1c(Br)cc(C=C(C#N)C(=O)Nc2ccc(S(N)(=O)=O)cc2)cc1Br. The number of rotatable bonds is 7. The molecular weight excluding hydrogens is 526 g/mol. The maximum absolute atomic E-state index is 12.4.